The number of aromatic nitrogens is 1. The van der Waals surface area contributed by atoms with Crippen molar-refractivity contribution < 1.29 is 9.72 Å². The van der Waals surface area contributed by atoms with Gasteiger partial charge in [0.25, 0.3) is 5.69 Å². The van der Waals surface area contributed by atoms with Crippen LogP contribution in [-0.2, 0) is 6.54 Å². The summed E-state index contributed by atoms with van der Waals surface area (Å²) < 4.78 is 2.26. The summed E-state index contributed by atoms with van der Waals surface area (Å²) in [6, 6.07) is 8.06. The van der Waals surface area contributed by atoms with Crippen molar-refractivity contribution in [3.8, 4) is 6.07 Å². The summed E-state index contributed by atoms with van der Waals surface area (Å²) in [4.78, 5) is 23.3. The number of nitro benzene ring substituents is 1. The Balaban J connectivity index is 2.48. The lowest BCUT2D eigenvalue weighted by molar-refractivity contribution is -0.385. The predicted octanol–water partition coefficient (Wildman–Crippen LogP) is 4.75. The quantitative estimate of drug-likeness (QED) is 0.170. The van der Waals surface area contributed by atoms with Crippen molar-refractivity contribution in [1.29, 1.82) is 5.26 Å². The van der Waals surface area contributed by atoms with E-state index in [1.165, 1.54) is 18.2 Å². The molecular formula is C19H16BrN3O3. The molecule has 0 aliphatic heterocycles. The van der Waals surface area contributed by atoms with Gasteiger partial charge in [-0.25, -0.2) is 0 Å². The van der Waals surface area contributed by atoms with Gasteiger partial charge in [-0.05, 0) is 53.5 Å². The van der Waals surface area contributed by atoms with Crippen LogP contribution in [-0.4, -0.2) is 15.3 Å². The number of benzene rings is 1. The van der Waals surface area contributed by atoms with E-state index in [1.807, 2.05) is 24.5 Å². The zero-order valence-electron chi connectivity index (χ0n) is 14.3. The van der Waals surface area contributed by atoms with Gasteiger partial charge in [-0.15, -0.1) is 6.58 Å². The summed E-state index contributed by atoms with van der Waals surface area (Å²) in [5.41, 5.74) is 2.26. The summed E-state index contributed by atoms with van der Waals surface area (Å²) in [6.45, 7) is 7.95. The third-order valence-corrected chi connectivity index (χ3v) is 4.64. The molecule has 0 aliphatic rings. The first-order valence-electron chi connectivity index (χ1n) is 7.68. The maximum Gasteiger partial charge on any atom is 0.284 e. The number of nitriles is 1. The Morgan fingerprint density at radius 2 is 2.12 bits per heavy atom. The number of ketones is 1. The number of aryl methyl sites for hydroxylation is 1. The normalized spacial score (nSPS) is 11.1. The fourth-order valence-electron chi connectivity index (χ4n) is 2.66. The fraction of sp³-hybridized carbons (Fsp3) is 0.158. The topological polar surface area (TPSA) is 88.9 Å². The van der Waals surface area contributed by atoms with Crippen LogP contribution in [0.4, 0.5) is 5.69 Å². The van der Waals surface area contributed by atoms with Gasteiger partial charge in [0.15, 0.2) is 0 Å². The fourth-order valence-corrected chi connectivity index (χ4v) is 3.05. The van der Waals surface area contributed by atoms with E-state index in [1.54, 1.807) is 18.2 Å². The molecule has 7 heteroatoms. The van der Waals surface area contributed by atoms with Gasteiger partial charge in [-0.3, -0.25) is 14.9 Å². The second-order valence-corrected chi connectivity index (χ2v) is 6.51. The van der Waals surface area contributed by atoms with E-state index < -0.39 is 10.7 Å². The predicted molar refractivity (Wildman–Crippen MR) is 103 cm³/mol. The van der Waals surface area contributed by atoms with Crippen LogP contribution in [0.15, 0.2) is 47.0 Å². The van der Waals surface area contributed by atoms with Gasteiger partial charge in [0.2, 0.25) is 5.78 Å². The molecule has 0 aliphatic carbocycles. The van der Waals surface area contributed by atoms with Crippen molar-refractivity contribution in [3.63, 3.8) is 0 Å². The zero-order valence-corrected chi connectivity index (χ0v) is 15.9. The van der Waals surface area contributed by atoms with Crippen LogP contribution in [0, 0.1) is 35.3 Å². The maximum atomic E-state index is 12.8. The Bertz CT molecular complexity index is 981. The Morgan fingerprint density at radius 3 is 2.69 bits per heavy atom. The van der Waals surface area contributed by atoms with Crippen LogP contribution >= 0.6 is 15.9 Å². The molecule has 0 saturated carbocycles. The van der Waals surface area contributed by atoms with Gasteiger partial charge >= 0.3 is 0 Å². The lowest BCUT2D eigenvalue weighted by atomic mass is 10.0. The van der Waals surface area contributed by atoms with Crippen LogP contribution < -0.4 is 0 Å². The van der Waals surface area contributed by atoms with Crippen LogP contribution in [0.3, 0.4) is 0 Å². The Hall–Kier alpha value is -2.98. The van der Waals surface area contributed by atoms with Crippen LogP contribution in [0.25, 0.3) is 6.08 Å². The molecule has 0 spiro atoms. The minimum absolute atomic E-state index is 0.0829. The highest BCUT2D eigenvalue weighted by Crippen LogP contribution is 2.27. The molecule has 6 nitrogen and oxygen atoms in total. The number of nitro groups is 1. The molecule has 0 amide bonds. The largest absolute Gasteiger partial charge is 0.345 e. The second-order valence-electron chi connectivity index (χ2n) is 5.65. The van der Waals surface area contributed by atoms with E-state index in [0.717, 1.165) is 11.4 Å². The summed E-state index contributed by atoms with van der Waals surface area (Å²) in [5, 5.41) is 20.5. The SMILES string of the molecule is C=CCn1c(C)cc(C(=O)/C(C#N)=C/c2ccc(Br)c([N+](=O)[O-])c2)c1C. The second kappa shape index (κ2) is 7.93. The number of carbonyl (C=O) groups excluding carboxylic acids is 1. The van der Waals surface area contributed by atoms with Crippen LogP contribution in [0.1, 0.15) is 27.3 Å². The molecule has 1 aromatic carbocycles. The number of rotatable bonds is 6. The monoisotopic (exact) mass is 413 g/mol. The summed E-state index contributed by atoms with van der Waals surface area (Å²) in [5.74, 6) is -0.415. The van der Waals surface area contributed by atoms with Crippen LogP contribution in [0.5, 0.6) is 0 Å². The van der Waals surface area contributed by atoms with E-state index in [-0.39, 0.29) is 11.3 Å². The minimum Gasteiger partial charge on any atom is -0.345 e. The Kier molecular flexibility index (Phi) is 5.90. The lowest BCUT2D eigenvalue weighted by Crippen LogP contribution is -2.05. The third kappa shape index (κ3) is 3.81. The van der Waals surface area contributed by atoms with Crippen molar-refractivity contribution >= 4 is 33.5 Å². The molecule has 0 radical (unpaired) electrons. The average Bonchev–Trinajstić information content (AvgIpc) is 2.88. The van der Waals surface area contributed by atoms with Gasteiger partial charge in [0.05, 0.1) is 9.40 Å². The van der Waals surface area contributed by atoms with Crippen molar-refractivity contribution in [3.05, 3.63) is 79.6 Å². The molecule has 0 bridgehead atoms. The molecule has 0 atom stereocenters. The number of halogens is 1. The summed E-state index contributed by atoms with van der Waals surface area (Å²) in [6.07, 6.45) is 3.09. The molecule has 132 valence electrons. The number of carbonyl (C=O) groups is 1. The highest BCUT2D eigenvalue weighted by Gasteiger charge is 2.19. The molecule has 0 unspecified atom stereocenters. The summed E-state index contributed by atoms with van der Waals surface area (Å²) in [7, 11) is 0. The maximum absolute atomic E-state index is 12.8. The Morgan fingerprint density at radius 1 is 1.42 bits per heavy atom. The first-order valence-corrected chi connectivity index (χ1v) is 8.47. The smallest absolute Gasteiger partial charge is 0.284 e. The van der Waals surface area contributed by atoms with Crippen molar-refractivity contribution in [2.75, 3.05) is 0 Å². The van der Waals surface area contributed by atoms with E-state index in [4.69, 9.17) is 0 Å². The molecule has 2 aromatic rings. The molecule has 1 aromatic heterocycles. The highest BCUT2D eigenvalue weighted by molar-refractivity contribution is 9.10. The summed E-state index contributed by atoms with van der Waals surface area (Å²) >= 11 is 3.11. The number of nitrogens with zero attached hydrogens (tertiary/aromatic N) is 3. The minimum atomic E-state index is -0.530. The van der Waals surface area contributed by atoms with E-state index in [2.05, 4.69) is 22.5 Å². The van der Waals surface area contributed by atoms with Gasteiger partial charge in [0.1, 0.15) is 11.6 Å². The molecule has 0 saturated heterocycles. The van der Waals surface area contributed by atoms with Gasteiger partial charge in [-0.1, -0.05) is 12.1 Å². The van der Waals surface area contributed by atoms with Crippen molar-refractivity contribution in [1.82, 2.24) is 4.57 Å². The molecule has 2 rings (SSSR count). The number of Topliss-reactive ketones (excluding diaryl/α,β-unsaturated/α-hetero) is 1. The van der Waals surface area contributed by atoms with Gasteiger partial charge < -0.3 is 4.57 Å². The van der Waals surface area contributed by atoms with E-state index >= 15 is 0 Å². The van der Waals surface area contributed by atoms with Gasteiger partial charge in [-0.2, -0.15) is 5.26 Å². The first-order chi connectivity index (χ1) is 12.3. The van der Waals surface area contributed by atoms with E-state index in [0.29, 0.717) is 22.1 Å². The Labute approximate surface area is 159 Å². The number of hydrogen-bond acceptors (Lipinski definition) is 4. The standard InChI is InChI=1S/C19H16BrN3O3/c1-4-7-22-12(2)8-16(13(22)3)19(24)15(11-21)9-14-5-6-17(20)18(10-14)23(25)26/h4-6,8-10H,1,7H2,2-3H3/b15-9+. The molecular weight excluding hydrogens is 398 g/mol. The van der Waals surface area contributed by atoms with Crippen LogP contribution in [0.2, 0.25) is 0 Å². The number of hydrogen-bond donors (Lipinski definition) is 0. The molecule has 26 heavy (non-hydrogen) atoms. The number of allylic oxidation sites excluding steroid dienone is 2. The van der Waals surface area contributed by atoms with Crippen molar-refractivity contribution in [2.24, 2.45) is 0 Å². The first kappa shape index (κ1) is 19.3. The van der Waals surface area contributed by atoms with Gasteiger partial charge in [0, 0.05) is 29.6 Å². The highest BCUT2D eigenvalue weighted by atomic mass is 79.9. The molecule has 1 heterocycles. The average molecular weight is 414 g/mol. The lowest BCUT2D eigenvalue weighted by Gasteiger charge is -2.06. The van der Waals surface area contributed by atoms with Crippen molar-refractivity contribution in [2.45, 2.75) is 20.4 Å². The molecule has 0 fully saturated rings. The molecule has 0 N–H and O–H groups in total. The third-order valence-electron chi connectivity index (χ3n) is 3.97. The van der Waals surface area contributed by atoms with E-state index in [9.17, 15) is 20.2 Å². The zero-order chi connectivity index (χ0) is 19.4.